The molecule has 2 heteroatoms. The first kappa shape index (κ1) is 15.2. The Labute approximate surface area is 146 Å². The molecule has 0 aliphatic heterocycles. The molecular weight excluding hydrogens is 306 g/mol. The van der Waals surface area contributed by atoms with Crippen molar-refractivity contribution in [2.24, 2.45) is 0 Å². The summed E-state index contributed by atoms with van der Waals surface area (Å²) in [5.41, 5.74) is 4.95. The van der Waals surface area contributed by atoms with Crippen molar-refractivity contribution < 1.29 is 4.79 Å². The number of benzene rings is 3. The number of aromatic amines is 1. The first-order chi connectivity index (χ1) is 12.3. The Balaban J connectivity index is 1.69. The molecule has 120 valence electrons. The number of para-hydroxylation sites is 1. The minimum atomic E-state index is 0.00653. The van der Waals surface area contributed by atoms with Gasteiger partial charge in [-0.05, 0) is 23.8 Å². The van der Waals surface area contributed by atoms with Gasteiger partial charge < -0.3 is 4.98 Å². The van der Waals surface area contributed by atoms with E-state index in [0.29, 0.717) is 5.56 Å². The van der Waals surface area contributed by atoms with Crippen molar-refractivity contribution in [2.75, 3.05) is 0 Å². The number of ketones is 1. The maximum Gasteiger partial charge on any atom is 0.185 e. The van der Waals surface area contributed by atoms with Gasteiger partial charge in [0.25, 0.3) is 0 Å². The van der Waals surface area contributed by atoms with Gasteiger partial charge in [0, 0.05) is 27.7 Å². The summed E-state index contributed by atoms with van der Waals surface area (Å²) >= 11 is 0. The molecule has 0 amide bonds. The molecule has 4 rings (SSSR count). The van der Waals surface area contributed by atoms with E-state index < -0.39 is 0 Å². The van der Waals surface area contributed by atoms with Crippen LogP contribution in [0.5, 0.6) is 0 Å². The van der Waals surface area contributed by atoms with Gasteiger partial charge in [0.05, 0.1) is 0 Å². The number of nitrogens with one attached hydrogen (secondary N) is 1. The van der Waals surface area contributed by atoms with Crippen LogP contribution in [0, 0.1) is 0 Å². The highest BCUT2D eigenvalue weighted by Crippen LogP contribution is 2.27. The van der Waals surface area contributed by atoms with E-state index in [1.165, 1.54) is 5.39 Å². The van der Waals surface area contributed by atoms with Crippen LogP contribution in [0.15, 0.2) is 91.0 Å². The molecule has 3 aromatic carbocycles. The van der Waals surface area contributed by atoms with E-state index in [1.807, 2.05) is 66.7 Å². The van der Waals surface area contributed by atoms with Crippen molar-refractivity contribution >= 4 is 22.8 Å². The Morgan fingerprint density at radius 2 is 1.52 bits per heavy atom. The highest BCUT2D eigenvalue weighted by atomic mass is 16.1. The van der Waals surface area contributed by atoms with Gasteiger partial charge in [0.2, 0.25) is 0 Å². The number of rotatable bonds is 4. The summed E-state index contributed by atoms with van der Waals surface area (Å²) in [6.07, 6.45) is 3.52. The van der Waals surface area contributed by atoms with Gasteiger partial charge in [-0.1, -0.05) is 78.9 Å². The minimum Gasteiger partial charge on any atom is -0.355 e. The van der Waals surface area contributed by atoms with Gasteiger partial charge in [0.15, 0.2) is 5.78 Å². The lowest BCUT2D eigenvalue weighted by atomic mass is 10.0. The number of hydrogen-bond donors (Lipinski definition) is 1. The molecule has 0 aliphatic carbocycles. The second-order valence-electron chi connectivity index (χ2n) is 5.92. The van der Waals surface area contributed by atoms with Gasteiger partial charge >= 0.3 is 0 Å². The zero-order valence-corrected chi connectivity index (χ0v) is 13.6. The van der Waals surface area contributed by atoms with Crippen LogP contribution in [-0.2, 0) is 0 Å². The van der Waals surface area contributed by atoms with Gasteiger partial charge in [-0.15, -0.1) is 0 Å². The smallest absolute Gasteiger partial charge is 0.185 e. The average molecular weight is 323 g/mol. The minimum absolute atomic E-state index is 0.00653. The molecule has 0 saturated heterocycles. The van der Waals surface area contributed by atoms with Crippen molar-refractivity contribution in [2.45, 2.75) is 0 Å². The molecule has 4 aromatic rings. The highest BCUT2D eigenvalue weighted by Gasteiger charge is 2.07. The summed E-state index contributed by atoms with van der Waals surface area (Å²) in [7, 11) is 0. The van der Waals surface area contributed by atoms with E-state index in [2.05, 4.69) is 29.2 Å². The summed E-state index contributed by atoms with van der Waals surface area (Å²) in [5, 5.41) is 1.18. The Morgan fingerprint density at radius 1 is 0.800 bits per heavy atom. The predicted molar refractivity (Wildman–Crippen MR) is 104 cm³/mol. The second kappa shape index (κ2) is 6.62. The molecule has 1 N–H and O–H groups in total. The number of carbonyl (C=O) groups is 1. The summed E-state index contributed by atoms with van der Waals surface area (Å²) in [5.74, 6) is 0.00653. The number of hydrogen-bond acceptors (Lipinski definition) is 1. The fourth-order valence-electron chi connectivity index (χ4n) is 2.97. The van der Waals surface area contributed by atoms with E-state index in [9.17, 15) is 4.79 Å². The standard InChI is InChI=1S/C23H17NO/c25-23(18-9-2-1-3-10-18)15-14-17-8-4-6-12-20(17)22-16-19-11-5-7-13-21(19)24-22/h1-16,24H/b15-14+. The molecule has 2 nitrogen and oxygen atoms in total. The highest BCUT2D eigenvalue weighted by molar-refractivity contribution is 6.07. The van der Waals surface area contributed by atoms with Gasteiger partial charge in [-0.25, -0.2) is 0 Å². The summed E-state index contributed by atoms with van der Waals surface area (Å²) in [4.78, 5) is 15.8. The number of aromatic nitrogens is 1. The maximum atomic E-state index is 12.3. The molecule has 0 radical (unpaired) electrons. The zero-order valence-electron chi connectivity index (χ0n) is 13.6. The Morgan fingerprint density at radius 3 is 2.36 bits per heavy atom. The average Bonchev–Trinajstić information content (AvgIpc) is 3.11. The van der Waals surface area contributed by atoms with E-state index in [1.54, 1.807) is 6.08 Å². The summed E-state index contributed by atoms with van der Waals surface area (Å²) in [6, 6.07) is 27.8. The van der Waals surface area contributed by atoms with E-state index >= 15 is 0 Å². The predicted octanol–water partition coefficient (Wildman–Crippen LogP) is 5.73. The SMILES string of the molecule is O=C(/C=C/c1ccccc1-c1cc2ccccc2[nH]1)c1ccccc1. The van der Waals surface area contributed by atoms with E-state index in [0.717, 1.165) is 22.3 Å². The Bertz CT molecular complexity index is 1020. The van der Waals surface area contributed by atoms with Crippen LogP contribution in [0.1, 0.15) is 15.9 Å². The molecule has 0 saturated carbocycles. The molecule has 1 heterocycles. The monoisotopic (exact) mass is 323 g/mol. The zero-order chi connectivity index (χ0) is 17.1. The molecule has 0 fully saturated rings. The lowest BCUT2D eigenvalue weighted by molar-refractivity contribution is 0.104. The molecule has 0 aliphatic rings. The van der Waals surface area contributed by atoms with Crippen LogP contribution in [0.2, 0.25) is 0 Å². The fourth-order valence-corrected chi connectivity index (χ4v) is 2.97. The Hall–Kier alpha value is -3.39. The summed E-state index contributed by atoms with van der Waals surface area (Å²) in [6.45, 7) is 0. The molecule has 0 bridgehead atoms. The van der Waals surface area contributed by atoms with Crippen molar-refractivity contribution in [1.82, 2.24) is 4.98 Å². The number of H-pyrrole nitrogens is 1. The van der Waals surface area contributed by atoms with Crippen molar-refractivity contribution in [3.8, 4) is 11.3 Å². The van der Waals surface area contributed by atoms with Crippen molar-refractivity contribution in [3.05, 3.63) is 102 Å². The molecule has 0 atom stereocenters. The number of fused-ring (bicyclic) bond motifs is 1. The van der Waals surface area contributed by atoms with Gasteiger partial charge in [-0.2, -0.15) is 0 Å². The third kappa shape index (κ3) is 3.15. The molecule has 1 aromatic heterocycles. The van der Waals surface area contributed by atoms with Gasteiger partial charge in [-0.3, -0.25) is 4.79 Å². The van der Waals surface area contributed by atoms with Crippen LogP contribution >= 0.6 is 0 Å². The van der Waals surface area contributed by atoms with Crippen LogP contribution in [-0.4, -0.2) is 10.8 Å². The van der Waals surface area contributed by atoms with Crippen LogP contribution in [0.25, 0.3) is 28.2 Å². The van der Waals surface area contributed by atoms with Crippen LogP contribution in [0.3, 0.4) is 0 Å². The van der Waals surface area contributed by atoms with Gasteiger partial charge in [0.1, 0.15) is 0 Å². The first-order valence-electron chi connectivity index (χ1n) is 8.26. The Kier molecular flexibility index (Phi) is 4.01. The molecule has 0 unspecified atom stereocenters. The normalized spacial score (nSPS) is 11.2. The first-order valence-corrected chi connectivity index (χ1v) is 8.26. The fraction of sp³-hybridized carbons (Fsp3) is 0. The number of carbonyl (C=O) groups excluding carboxylic acids is 1. The largest absolute Gasteiger partial charge is 0.355 e. The third-order valence-electron chi connectivity index (χ3n) is 4.25. The summed E-state index contributed by atoms with van der Waals surface area (Å²) < 4.78 is 0. The third-order valence-corrected chi connectivity index (χ3v) is 4.25. The van der Waals surface area contributed by atoms with Crippen LogP contribution in [0.4, 0.5) is 0 Å². The molecule has 0 spiro atoms. The quantitative estimate of drug-likeness (QED) is 0.377. The molecule has 25 heavy (non-hydrogen) atoms. The van der Waals surface area contributed by atoms with Crippen molar-refractivity contribution in [3.63, 3.8) is 0 Å². The van der Waals surface area contributed by atoms with Crippen LogP contribution < -0.4 is 0 Å². The van der Waals surface area contributed by atoms with E-state index in [-0.39, 0.29) is 5.78 Å². The maximum absolute atomic E-state index is 12.3. The topological polar surface area (TPSA) is 32.9 Å². The van der Waals surface area contributed by atoms with E-state index in [4.69, 9.17) is 0 Å². The lowest BCUT2D eigenvalue weighted by Crippen LogP contribution is -1.93. The lowest BCUT2D eigenvalue weighted by Gasteiger charge is -2.03. The number of allylic oxidation sites excluding steroid dienone is 1. The van der Waals surface area contributed by atoms with Crippen molar-refractivity contribution in [1.29, 1.82) is 0 Å². The molecular formula is C23H17NO. The second-order valence-corrected chi connectivity index (χ2v) is 5.92.